The third-order valence-corrected chi connectivity index (χ3v) is 3.82. The van der Waals surface area contributed by atoms with Gasteiger partial charge in [-0.05, 0) is 37.0 Å². The summed E-state index contributed by atoms with van der Waals surface area (Å²) in [4.78, 5) is 0. The van der Waals surface area contributed by atoms with E-state index < -0.39 is 11.7 Å². The van der Waals surface area contributed by atoms with Gasteiger partial charge in [0, 0.05) is 18.4 Å². The molecule has 2 heterocycles. The van der Waals surface area contributed by atoms with Crippen molar-refractivity contribution in [1.82, 2.24) is 9.78 Å². The highest BCUT2D eigenvalue weighted by atomic mass is 19.4. The molecule has 1 aliphatic heterocycles. The minimum absolute atomic E-state index is 0.0126. The summed E-state index contributed by atoms with van der Waals surface area (Å²) in [5.74, 6) is 0. The van der Waals surface area contributed by atoms with E-state index in [1.807, 2.05) is 0 Å². The third-order valence-electron chi connectivity index (χ3n) is 3.82. The SMILES string of the molecule is N#Cc1ccc(-c2cnn(C3CCCCO3)c2)c(C(F)(F)F)c1. The molecule has 0 saturated carbocycles. The molecule has 1 saturated heterocycles. The molecule has 0 amide bonds. The van der Waals surface area contributed by atoms with Gasteiger partial charge in [-0.3, -0.25) is 0 Å². The molecule has 0 N–H and O–H groups in total. The summed E-state index contributed by atoms with van der Waals surface area (Å²) in [5, 5.41) is 13.0. The zero-order chi connectivity index (χ0) is 16.4. The molecule has 1 aromatic heterocycles. The molecule has 4 nitrogen and oxygen atoms in total. The van der Waals surface area contributed by atoms with Crippen LogP contribution in [-0.4, -0.2) is 16.4 Å². The Kier molecular flexibility index (Phi) is 4.09. The highest BCUT2D eigenvalue weighted by molar-refractivity contribution is 5.68. The van der Waals surface area contributed by atoms with Crippen LogP contribution in [0.25, 0.3) is 11.1 Å². The summed E-state index contributed by atoms with van der Waals surface area (Å²) in [5.41, 5.74) is -0.487. The Hall–Kier alpha value is -2.33. The molecule has 1 fully saturated rings. The largest absolute Gasteiger partial charge is 0.417 e. The van der Waals surface area contributed by atoms with Crippen LogP contribution in [0.3, 0.4) is 0 Å². The molecule has 0 spiro atoms. The predicted molar refractivity (Wildman–Crippen MR) is 76.2 cm³/mol. The Balaban J connectivity index is 1.99. The molecular weight excluding hydrogens is 307 g/mol. The number of alkyl halides is 3. The van der Waals surface area contributed by atoms with E-state index in [1.54, 1.807) is 16.9 Å². The average Bonchev–Trinajstić information content (AvgIpc) is 3.04. The lowest BCUT2D eigenvalue weighted by atomic mass is 9.99. The standard InChI is InChI=1S/C16H14F3N3O/c17-16(18,19)14-7-11(8-20)4-5-13(14)12-9-21-22(10-12)15-3-1-2-6-23-15/h4-5,7,9-10,15H,1-3,6H2. The van der Waals surface area contributed by atoms with E-state index in [0.717, 1.165) is 25.3 Å². The number of nitriles is 1. The number of aromatic nitrogens is 2. The topological polar surface area (TPSA) is 50.8 Å². The smallest absolute Gasteiger partial charge is 0.357 e. The van der Waals surface area contributed by atoms with E-state index >= 15 is 0 Å². The van der Waals surface area contributed by atoms with Crippen molar-refractivity contribution in [3.05, 3.63) is 41.7 Å². The molecule has 3 rings (SSSR count). The van der Waals surface area contributed by atoms with Crippen molar-refractivity contribution in [3.8, 4) is 17.2 Å². The first-order valence-corrected chi connectivity index (χ1v) is 7.26. The first-order chi connectivity index (χ1) is 11.0. The van der Waals surface area contributed by atoms with Crippen molar-refractivity contribution >= 4 is 0 Å². The van der Waals surface area contributed by atoms with Crippen LogP contribution in [-0.2, 0) is 10.9 Å². The number of nitrogens with zero attached hydrogens (tertiary/aromatic N) is 3. The van der Waals surface area contributed by atoms with Gasteiger partial charge in [0.05, 0.1) is 23.4 Å². The highest BCUT2D eigenvalue weighted by Crippen LogP contribution is 2.38. The number of halogens is 3. The lowest BCUT2D eigenvalue weighted by Crippen LogP contribution is -2.18. The number of rotatable bonds is 2. The van der Waals surface area contributed by atoms with Gasteiger partial charge >= 0.3 is 6.18 Å². The van der Waals surface area contributed by atoms with Gasteiger partial charge in [-0.2, -0.15) is 23.5 Å². The molecule has 7 heteroatoms. The van der Waals surface area contributed by atoms with Crippen molar-refractivity contribution in [1.29, 1.82) is 5.26 Å². The van der Waals surface area contributed by atoms with E-state index in [4.69, 9.17) is 10.00 Å². The van der Waals surface area contributed by atoms with Gasteiger partial charge in [-0.1, -0.05) is 6.07 Å². The first kappa shape index (κ1) is 15.6. The molecule has 1 aromatic carbocycles. The van der Waals surface area contributed by atoms with Crippen LogP contribution >= 0.6 is 0 Å². The van der Waals surface area contributed by atoms with Gasteiger partial charge < -0.3 is 4.74 Å². The average molecular weight is 321 g/mol. The summed E-state index contributed by atoms with van der Waals surface area (Å²) in [6, 6.07) is 5.28. The normalized spacial score (nSPS) is 18.6. The summed E-state index contributed by atoms with van der Waals surface area (Å²) in [7, 11) is 0. The Morgan fingerprint density at radius 3 is 2.78 bits per heavy atom. The molecule has 120 valence electrons. The second-order valence-electron chi connectivity index (χ2n) is 5.40. The van der Waals surface area contributed by atoms with Crippen molar-refractivity contribution in [3.63, 3.8) is 0 Å². The molecule has 23 heavy (non-hydrogen) atoms. The molecule has 0 radical (unpaired) electrons. The van der Waals surface area contributed by atoms with Gasteiger partial charge in [-0.15, -0.1) is 0 Å². The van der Waals surface area contributed by atoms with Crippen LogP contribution in [0.15, 0.2) is 30.6 Å². The third kappa shape index (κ3) is 3.22. The van der Waals surface area contributed by atoms with E-state index in [-0.39, 0.29) is 17.4 Å². The zero-order valence-electron chi connectivity index (χ0n) is 12.2. The predicted octanol–water partition coefficient (Wildman–Crippen LogP) is 4.14. The van der Waals surface area contributed by atoms with Gasteiger partial charge in [0.25, 0.3) is 0 Å². The monoisotopic (exact) mass is 321 g/mol. The Morgan fingerprint density at radius 1 is 1.30 bits per heavy atom. The molecule has 2 aromatic rings. The fraction of sp³-hybridized carbons (Fsp3) is 0.375. The number of hydrogen-bond donors (Lipinski definition) is 0. The van der Waals surface area contributed by atoms with Crippen LogP contribution in [0.2, 0.25) is 0 Å². The summed E-state index contributed by atoms with van der Waals surface area (Å²) in [6.45, 7) is 0.629. The second kappa shape index (κ2) is 6.05. The van der Waals surface area contributed by atoms with E-state index in [2.05, 4.69) is 5.10 Å². The summed E-state index contributed by atoms with van der Waals surface area (Å²) >= 11 is 0. The van der Waals surface area contributed by atoms with Gasteiger partial charge in [-0.25, -0.2) is 4.68 Å². The molecule has 0 aliphatic carbocycles. The van der Waals surface area contributed by atoms with Crippen LogP contribution in [0.4, 0.5) is 13.2 Å². The minimum atomic E-state index is -4.54. The lowest BCUT2D eigenvalue weighted by Gasteiger charge is -2.22. The van der Waals surface area contributed by atoms with Gasteiger partial charge in [0.2, 0.25) is 0 Å². The maximum absolute atomic E-state index is 13.3. The molecule has 0 bridgehead atoms. The fourth-order valence-corrected chi connectivity index (χ4v) is 2.67. The Bertz CT molecular complexity index is 740. The summed E-state index contributed by atoms with van der Waals surface area (Å²) < 4.78 is 46.9. The first-order valence-electron chi connectivity index (χ1n) is 7.26. The quantitative estimate of drug-likeness (QED) is 0.835. The fourth-order valence-electron chi connectivity index (χ4n) is 2.67. The van der Waals surface area contributed by atoms with Crippen LogP contribution < -0.4 is 0 Å². The van der Waals surface area contributed by atoms with Crippen molar-refractivity contribution in [2.24, 2.45) is 0 Å². The molecule has 1 aliphatic rings. The molecule has 1 unspecified atom stereocenters. The maximum Gasteiger partial charge on any atom is 0.417 e. The summed E-state index contributed by atoms with van der Waals surface area (Å²) in [6.07, 6.45) is 0.974. The zero-order valence-corrected chi connectivity index (χ0v) is 12.2. The Labute approximate surface area is 131 Å². The van der Waals surface area contributed by atoms with Gasteiger partial charge in [0.15, 0.2) is 0 Å². The number of benzene rings is 1. The van der Waals surface area contributed by atoms with E-state index in [0.29, 0.717) is 12.2 Å². The van der Waals surface area contributed by atoms with Crippen molar-refractivity contribution < 1.29 is 17.9 Å². The van der Waals surface area contributed by atoms with Crippen molar-refractivity contribution in [2.45, 2.75) is 31.7 Å². The maximum atomic E-state index is 13.3. The van der Waals surface area contributed by atoms with Crippen LogP contribution in [0.1, 0.15) is 36.6 Å². The number of hydrogen-bond acceptors (Lipinski definition) is 3. The Morgan fingerprint density at radius 2 is 2.13 bits per heavy atom. The highest BCUT2D eigenvalue weighted by Gasteiger charge is 2.34. The lowest BCUT2D eigenvalue weighted by molar-refractivity contribution is -0.137. The van der Waals surface area contributed by atoms with Crippen LogP contribution in [0.5, 0.6) is 0 Å². The molecular formula is C16H14F3N3O. The van der Waals surface area contributed by atoms with Crippen molar-refractivity contribution in [2.75, 3.05) is 6.61 Å². The van der Waals surface area contributed by atoms with Gasteiger partial charge in [0.1, 0.15) is 6.23 Å². The minimum Gasteiger partial charge on any atom is -0.357 e. The second-order valence-corrected chi connectivity index (χ2v) is 5.40. The number of ether oxygens (including phenoxy) is 1. The van der Waals surface area contributed by atoms with E-state index in [9.17, 15) is 13.2 Å². The van der Waals surface area contributed by atoms with E-state index in [1.165, 1.54) is 18.3 Å². The van der Waals surface area contributed by atoms with Crippen LogP contribution in [0, 0.1) is 11.3 Å². The molecule has 1 atom stereocenters.